The van der Waals surface area contributed by atoms with Crippen LogP contribution in [0.4, 0.5) is 4.39 Å². The molecule has 2 fully saturated rings. The van der Waals surface area contributed by atoms with Gasteiger partial charge in [0, 0.05) is 6.54 Å². The summed E-state index contributed by atoms with van der Waals surface area (Å²) in [6.07, 6.45) is 4.59. The van der Waals surface area contributed by atoms with E-state index in [1.165, 1.54) is 12.8 Å². The molecule has 0 radical (unpaired) electrons. The minimum atomic E-state index is -3.96. The summed E-state index contributed by atoms with van der Waals surface area (Å²) in [5.41, 5.74) is -0.0860. The Bertz CT molecular complexity index is 694. The number of benzene rings is 1. The van der Waals surface area contributed by atoms with Gasteiger partial charge in [-0.05, 0) is 55.2 Å². The van der Waals surface area contributed by atoms with Gasteiger partial charge in [-0.1, -0.05) is 0 Å². The number of hydrogen-bond donors (Lipinski definition) is 2. The molecule has 7 heteroatoms. The number of carbonyl (C=O) groups is 1. The zero-order valence-electron chi connectivity index (χ0n) is 11.4. The molecule has 1 amide bonds. The molecule has 114 valence electrons. The lowest BCUT2D eigenvalue weighted by Crippen LogP contribution is -2.32. The van der Waals surface area contributed by atoms with E-state index < -0.39 is 21.7 Å². The van der Waals surface area contributed by atoms with E-state index in [2.05, 4.69) is 5.32 Å². The number of nitrogens with two attached hydrogens (primary N) is 1. The molecule has 1 aromatic carbocycles. The van der Waals surface area contributed by atoms with Gasteiger partial charge in [-0.3, -0.25) is 4.79 Å². The second-order valence-electron chi connectivity index (χ2n) is 6.01. The van der Waals surface area contributed by atoms with Crippen LogP contribution >= 0.6 is 0 Å². The largest absolute Gasteiger partial charge is 0.351 e. The second kappa shape index (κ2) is 4.78. The summed E-state index contributed by atoms with van der Waals surface area (Å²) in [7, 11) is -3.96. The third-order valence-electron chi connectivity index (χ3n) is 4.45. The summed E-state index contributed by atoms with van der Waals surface area (Å²) in [4.78, 5) is 11.8. The van der Waals surface area contributed by atoms with Crippen molar-refractivity contribution in [1.82, 2.24) is 5.32 Å². The summed E-state index contributed by atoms with van der Waals surface area (Å²) < 4.78 is 36.3. The van der Waals surface area contributed by atoms with E-state index in [1.807, 2.05) is 0 Å². The third-order valence-corrected chi connectivity index (χ3v) is 5.36. The highest BCUT2D eigenvalue weighted by atomic mass is 32.2. The molecule has 0 aromatic heterocycles. The predicted molar refractivity (Wildman–Crippen MR) is 74.5 cm³/mol. The normalized spacial score (nSPS) is 20.1. The fourth-order valence-corrected chi connectivity index (χ4v) is 3.33. The Morgan fingerprint density at radius 1 is 1.38 bits per heavy atom. The van der Waals surface area contributed by atoms with Gasteiger partial charge >= 0.3 is 0 Å². The van der Waals surface area contributed by atoms with Gasteiger partial charge in [0.25, 0.3) is 5.91 Å². The molecule has 5 nitrogen and oxygen atoms in total. The second-order valence-corrected chi connectivity index (χ2v) is 7.57. The number of rotatable bonds is 5. The molecular weight excluding hydrogens is 295 g/mol. The molecule has 21 heavy (non-hydrogen) atoms. The molecular formula is C14H17FN2O3S. The van der Waals surface area contributed by atoms with E-state index in [1.54, 1.807) is 0 Å². The maximum absolute atomic E-state index is 13.7. The van der Waals surface area contributed by atoms with Gasteiger partial charge in [-0.25, -0.2) is 17.9 Å². The highest BCUT2D eigenvalue weighted by molar-refractivity contribution is 7.89. The zero-order chi connectivity index (χ0) is 15.3. The maximum Gasteiger partial charge on any atom is 0.254 e. The third kappa shape index (κ3) is 2.94. The van der Waals surface area contributed by atoms with Gasteiger partial charge in [-0.15, -0.1) is 0 Å². The van der Waals surface area contributed by atoms with Crippen LogP contribution in [0, 0.1) is 17.2 Å². The van der Waals surface area contributed by atoms with Crippen molar-refractivity contribution in [1.29, 1.82) is 0 Å². The molecule has 0 atom stereocenters. The van der Waals surface area contributed by atoms with Crippen molar-refractivity contribution in [2.45, 2.75) is 30.6 Å². The lowest BCUT2D eigenvalue weighted by atomic mass is 10.0. The van der Waals surface area contributed by atoms with Gasteiger partial charge in [-0.2, -0.15) is 0 Å². The Morgan fingerprint density at radius 3 is 2.57 bits per heavy atom. The van der Waals surface area contributed by atoms with Crippen LogP contribution in [0.5, 0.6) is 0 Å². The van der Waals surface area contributed by atoms with Gasteiger partial charge in [0.2, 0.25) is 10.0 Å². The average Bonchev–Trinajstić information content (AvgIpc) is 3.25. The number of hydrogen-bond acceptors (Lipinski definition) is 3. The fourth-order valence-electron chi connectivity index (χ4n) is 2.79. The minimum Gasteiger partial charge on any atom is -0.351 e. The van der Waals surface area contributed by atoms with Gasteiger partial charge in [0.05, 0.1) is 10.5 Å². The van der Waals surface area contributed by atoms with Crippen LogP contribution in [0.3, 0.4) is 0 Å². The predicted octanol–water partition coefficient (Wildman–Crippen LogP) is 1.39. The standard InChI is InChI=1S/C14H17FN2O3S/c15-12-4-3-10(21(16,19)20)7-11(12)13(18)17-8-14(5-6-14)9-1-2-9/h3-4,7,9H,1-2,5-6,8H2,(H,17,18)(H2,16,19,20). The van der Waals surface area contributed by atoms with E-state index in [0.717, 1.165) is 31.0 Å². The van der Waals surface area contributed by atoms with Gasteiger partial charge in [0.1, 0.15) is 5.82 Å². The number of amides is 1. The monoisotopic (exact) mass is 312 g/mol. The quantitative estimate of drug-likeness (QED) is 0.861. The van der Waals surface area contributed by atoms with Crippen molar-refractivity contribution in [2.24, 2.45) is 16.5 Å². The number of primary sulfonamides is 1. The highest BCUT2D eigenvalue weighted by Gasteiger charge is 2.53. The molecule has 0 bridgehead atoms. The molecule has 0 spiro atoms. The highest BCUT2D eigenvalue weighted by Crippen LogP contribution is 2.60. The lowest BCUT2D eigenvalue weighted by molar-refractivity contribution is 0.0938. The van der Waals surface area contributed by atoms with Crippen LogP contribution in [-0.4, -0.2) is 20.9 Å². The summed E-state index contributed by atoms with van der Waals surface area (Å²) in [6, 6.07) is 2.98. The van der Waals surface area contributed by atoms with Crippen LogP contribution in [0.1, 0.15) is 36.0 Å². The first-order valence-electron chi connectivity index (χ1n) is 6.92. The van der Waals surface area contributed by atoms with Gasteiger partial charge < -0.3 is 5.32 Å². The van der Waals surface area contributed by atoms with Crippen LogP contribution in [0.2, 0.25) is 0 Å². The number of sulfonamides is 1. The van der Waals surface area contributed by atoms with Crippen molar-refractivity contribution < 1.29 is 17.6 Å². The summed E-state index contributed by atoms with van der Waals surface area (Å²) in [5, 5.41) is 7.72. The molecule has 0 unspecified atom stereocenters. The molecule has 2 aliphatic carbocycles. The zero-order valence-corrected chi connectivity index (χ0v) is 12.2. The molecule has 1 aromatic rings. The molecule has 3 rings (SSSR count). The SMILES string of the molecule is NS(=O)(=O)c1ccc(F)c(C(=O)NCC2(C3CC3)CC2)c1. The maximum atomic E-state index is 13.7. The Balaban J connectivity index is 1.74. The van der Waals surface area contributed by atoms with E-state index in [9.17, 15) is 17.6 Å². The van der Waals surface area contributed by atoms with Crippen LogP contribution < -0.4 is 10.5 Å². The Morgan fingerprint density at radius 2 is 2.05 bits per heavy atom. The first kappa shape index (κ1) is 14.5. The van der Waals surface area contributed by atoms with Crippen LogP contribution in [0.15, 0.2) is 23.1 Å². The number of nitrogens with one attached hydrogen (secondary N) is 1. The van der Waals surface area contributed by atoms with E-state index >= 15 is 0 Å². The number of halogens is 1. The van der Waals surface area contributed by atoms with Crippen molar-refractivity contribution in [2.75, 3.05) is 6.54 Å². The topological polar surface area (TPSA) is 89.3 Å². The summed E-state index contributed by atoms with van der Waals surface area (Å²) in [6.45, 7) is 0.523. The first-order valence-corrected chi connectivity index (χ1v) is 8.47. The first-order chi connectivity index (χ1) is 9.82. The van der Waals surface area contributed by atoms with Crippen LogP contribution in [-0.2, 0) is 10.0 Å². The Hall–Kier alpha value is -1.47. The number of carbonyl (C=O) groups excluding carboxylic acids is 1. The van der Waals surface area contributed by atoms with Crippen molar-refractivity contribution in [3.63, 3.8) is 0 Å². The van der Waals surface area contributed by atoms with Crippen LogP contribution in [0.25, 0.3) is 0 Å². The van der Waals surface area contributed by atoms with E-state index in [4.69, 9.17) is 5.14 Å². The summed E-state index contributed by atoms with van der Waals surface area (Å²) >= 11 is 0. The molecule has 2 aliphatic rings. The average molecular weight is 312 g/mol. The minimum absolute atomic E-state index is 0.198. The fraction of sp³-hybridized carbons (Fsp3) is 0.500. The molecule has 0 heterocycles. The molecule has 2 saturated carbocycles. The molecule has 0 aliphatic heterocycles. The molecule has 3 N–H and O–H groups in total. The van der Waals surface area contributed by atoms with Gasteiger partial charge in [0.15, 0.2) is 0 Å². The van der Waals surface area contributed by atoms with E-state index in [-0.39, 0.29) is 15.9 Å². The van der Waals surface area contributed by atoms with Crippen molar-refractivity contribution >= 4 is 15.9 Å². The van der Waals surface area contributed by atoms with E-state index in [0.29, 0.717) is 12.5 Å². The lowest BCUT2D eigenvalue weighted by Gasteiger charge is -2.15. The molecule has 0 saturated heterocycles. The Kier molecular flexibility index (Phi) is 3.29. The Labute approximate surface area is 122 Å². The smallest absolute Gasteiger partial charge is 0.254 e. The summed E-state index contributed by atoms with van der Waals surface area (Å²) in [5.74, 6) is -0.667. The van der Waals surface area contributed by atoms with Crippen molar-refractivity contribution in [3.8, 4) is 0 Å². The van der Waals surface area contributed by atoms with Crippen molar-refractivity contribution in [3.05, 3.63) is 29.6 Å².